The van der Waals surface area contributed by atoms with Gasteiger partial charge in [-0.05, 0) is 49.4 Å². The van der Waals surface area contributed by atoms with Gasteiger partial charge in [0.25, 0.3) is 11.6 Å². The van der Waals surface area contributed by atoms with Crippen LogP contribution in [0.25, 0.3) is 0 Å². The number of benzene rings is 2. The number of fused-ring (bicyclic) bond motifs is 1. The molecule has 2 aromatic rings. The highest BCUT2D eigenvalue weighted by molar-refractivity contribution is 6.07. The predicted octanol–water partition coefficient (Wildman–Crippen LogP) is 3.78. The molecule has 0 aliphatic carbocycles. The number of hydrogen-bond acceptors (Lipinski definition) is 5. The molecule has 0 aromatic heterocycles. The molecule has 2 aromatic carbocycles. The van der Waals surface area contributed by atoms with Gasteiger partial charge in [-0.1, -0.05) is 18.2 Å². The third-order valence-corrected chi connectivity index (χ3v) is 5.34. The number of carbonyl (C=O) groups is 1. The molecule has 2 heterocycles. The lowest BCUT2D eigenvalue weighted by molar-refractivity contribution is -0.384. The second-order valence-corrected chi connectivity index (χ2v) is 7.19. The van der Waals surface area contributed by atoms with E-state index in [4.69, 9.17) is 4.74 Å². The van der Waals surface area contributed by atoms with Crippen LogP contribution in [0.15, 0.2) is 42.5 Å². The van der Waals surface area contributed by atoms with Crippen molar-refractivity contribution < 1.29 is 14.5 Å². The zero-order valence-electron chi connectivity index (χ0n) is 15.6. The summed E-state index contributed by atoms with van der Waals surface area (Å²) in [6, 6.07) is 12.5. The molecule has 1 N–H and O–H groups in total. The Kier molecular flexibility index (Phi) is 5.25. The number of hydrogen-bond donors (Lipinski definition) is 1. The molecule has 1 fully saturated rings. The van der Waals surface area contributed by atoms with Crippen molar-refractivity contribution in [2.75, 3.05) is 29.9 Å². The number of para-hydroxylation sites is 1. The summed E-state index contributed by atoms with van der Waals surface area (Å²) >= 11 is 0. The number of amides is 1. The van der Waals surface area contributed by atoms with Gasteiger partial charge in [-0.15, -0.1) is 0 Å². The summed E-state index contributed by atoms with van der Waals surface area (Å²) in [4.78, 5) is 25.9. The van der Waals surface area contributed by atoms with E-state index in [2.05, 4.69) is 5.32 Å². The first kappa shape index (κ1) is 18.4. The van der Waals surface area contributed by atoms with Gasteiger partial charge in [0, 0.05) is 37.0 Å². The van der Waals surface area contributed by atoms with Crippen LogP contribution in [0.1, 0.15) is 35.2 Å². The smallest absolute Gasteiger partial charge is 0.293 e. The zero-order chi connectivity index (χ0) is 19.5. The Morgan fingerprint density at radius 3 is 2.89 bits per heavy atom. The van der Waals surface area contributed by atoms with Crippen molar-refractivity contribution in [2.24, 2.45) is 0 Å². The molecule has 1 atom stereocenters. The fourth-order valence-electron chi connectivity index (χ4n) is 3.89. The molecule has 2 aliphatic rings. The van der Waals surface area contributed by atoms with Crippen LogP contribution in [-0.4, -0.2) is 36.6 Å². The first-order valence-corrected chi connectivity index (χ1v) is 9.67. The van der Waals surface area contributed by atoms with Crippen LogP contribution < -0.4 is 10.2 Å². The van der Waals surface area contributed by atoms with Crippen LogP contribution in [0, 0.1) is 10.1 Å². The molecule has 28 heavy (non-hydrogen) atoms. The maximum atomic E-state index is 13.1. The molecule has 0 saturated carbocycles. The van der Waals surface area contributed by atoms with Crippen LogP contribution in [0.3, 0.4) is 0 Å². The van der Waals surface area contributed by atoms with Gasteiger partial charge < -0.3 is 15.0 Å². The van der Waals surface area contributed by atoms with Crippen molar-refractivity contribution in [3.8, 4) is 0 Å². The van der Waals surface area contributed by atoms with Crippen molar-refractivity contribution in [2.45, 2.75) is 31.8 Å². The number of nitrogens with zero attached hydrogens (tertiary/aromatic N) is 2. The van der Waals surface area contributed by atoms with E-state index in [1.165, 1.54) is 6.07 Å². The van der Waals surface area contributed by atoms with E-state index in [0.29, 0.717) is 24.3 Å². The molecule has 1 unspecified atom stereocenters. The number of carbonyl (C=O) groups excluding carboxylic acids is 1. The molecule has 0 bridgehead atoms. The van der Waals surface area contributed by atoms with Gasteiger partial charge in [0.15, 0.2) is 0 Å². The molecule has 0 radical (unpaired) electrons. The van der Waals surface area contributed by atoms with Crippen LogP contribution in [-0.2, 0) is 11.2 Å². The normalized spacial score (nSPS) is 18.6. The number of ether oxygens (including phenoxy) is 1. The fraction of sp³-hybridized carbons (Fsp3) is 0.381. The van der Waals surface area contributed by atoms with Gasteiger partial charge in [0.05, 0.1) is 11.0 Å². The van der Waals surface area contributed by atoms with E-state index in [1.807, 2.05) is 24.3 Å². The number of nitro benzene ring substituents is 1. The summed E-state index contributed by atoms with van der Waals surface area (Å²) in [5.74, 6) is -0.207. The number of nitro groups is 1. The summed E-state index contributed by atoms with van der Waals surface area (Å²) in [6.45, 7) is 1.87. The van der Waals surface area contributed by atoms with Gasteiger partial charge in [0.1, 0.15) is 5.69 Å². The molecule has 7 nitrogen and oxygen atoms in total. The quantitative estimate of drug-likeness (QED) is 0.629. The lowest BCUT2D eigenvalue weighted by Crippen LogP contribution is -2.35. The standard InChI is InChI=1S/C21H23N3O4/c25-21(23-11-3-6-15-5-1-2-8-19(15)23)16-9-10-18(20(13-16)24(26)27)22-14-17-7-4-12-28-17/h1-2,5,8-10,13,17,22H,3-4,6-7,11-12,14H2. The highest BCUT2D eigenvalue weighted by Gasteiger charge is 2.26. The predicted molar refractivity (Wildman–Crippen MR) is 107 cm³/mol. The number of aryl methyl sites for hydroxylation is 1. The Morgan fingerprint density at radius 1 is 1.25 bits per heavy atom. The van der Waals surface area contributed by atoms with Crippen LogP contribution in [0.4, 0.5) is 17.1 Å². The fourth-order valence-corrected chi connectivity index (χ4v) is 3.89. The molecule has 4 rings (SSSR count). The maximum absolute atomic E-state index is 13.1. The van der Waals surface area contributed by atoms with Gasteiger partial charge in [-0.3, -0.25) is 14.9 Å². The largest absolute Gasteiger partial charge is 0.377 e. The average Bonchev–Trinajstić information content (AvgIpc) is 3.25. The Hall–Kier alpha value is -2.93. The zero-order valence-corrected chi connectivity index (χ0v) is 15.6. The molecule has 7 heteroatoms. The third-order valence-electron chi connectivity index (χ3n) is 5.34. The molecule has 2 aliphatic heterocycles. The van der Waals surface area contributed by atoms with E-state index >= 15 is 0 Å². The van der Waals surface area contributed by atoms with Crippen molar-refractivity contribution >= 4 is 23.0 Å². The van der Waals surface area contributed by atoms with E-state index in [-0.39, 0.29) is 17.7 Å². The Labute approximate surface area is 163 Å². The van der Waals surface area contributed by atoms with Gasteiger partial charge in [0.2, 0.25) is 0 Å². The molecule has 146 valence electrons. The summed E-state index contributed by atoms with van der Waals surface area (Å²) < 4.78 is 5.56. The summed E-state index contributed by atoms with van der Waals surface area (Å²) in [5.41, 5.74) is 2.67. The Balaban J connectivity index is 1.57. The summed E-state index contributed by atoms with van der Waals surface area (Å²) in [6.07, 6.45) is 3.86. The molecule has 0 spiro atoms. The number of rotatable bonds is 5. The minimum atomic E-state index is -0.446. The van der Waals surface area contributed by atoms with Gasteiger partial charge in [-0.2, -0.15) is 0 Å². The average molecular weight is 381 g/mol. The second kappa shape index (κ2) is 7.98. The first-order valence-electron chi connectivity index (χ1n) is 9.67. The first-order chi connectivity index (χ1) is 13.6. The van der Waals surface area contributed by atoms with Crippen LogP contribution >= 0.6 is 0 Å². The lowest BCUT2D eigenvalue weighted by atomic mass is 10.0. The van der Waals surface area contributed by atoms with Crippen molar-refractivity contribution in [3.63, 3.8) is 0 Å². The van der Waals surface area contributed by atoms with Gasteiger partial charge >= 0.3 is 0 Å². The summed E-state index contributed by atoms with van der Waals surface area (Å²) in [5, 5.41) is 14.7. The van der Waals surface area contributed by atoms with Crippen molar-refractivity contribution in [1.82, 2.24) is 0 Å². The number of anilines is 2. The topological polar surface area (TPSA) is 84.7 Å². The van der Waals surface area contributed by atoms with Crippen LogP contribution in [0.5, 0.6) is 0 Å². The number of nitrogens with one attached hydrogen (secondary N) is 1. The van der Waals surface area contributed by atoms with E-state index in [9.17, 15) is 14.9 Å². The molecule has 1 saturated heterocycles. The highest BCUT2D eigenvalue weighted by Crippen LogP contribution is 2.31. The maximum Gasteiger partial charge on any atom is 0.293 e. The summed E-state index contributed by atoms with van der Waals surface area (Å²) in [7, 11) is 0. The SMILES string of the molecule is O=C(c1ccc(NCC2CCCO2)c([N+](=O)[O-])c1)N1CCCc2ccccc21. The van der Waals surface area contributed by atoms with Crippen molar-refractivity contribution in [3.05, 3.63) is 63.7 Å². The lowest BCUT2D eigenvalue weighted by Gasteiger charge is -2.29. The van der Waals surface area contributed by atoms with E-state index in [1.54, 1.807) is 17.0 Å². The van der Waals surface area contributed by atoms with Gasteiger partial charge in [-0.25, -0.2) is 0 Å². The van der Waals surface area contributed by atoms with Crippen molar-refractivity contribution in [1.29, 1.82) is 0 Å². The highest BCUT2D eigenvalue weighted by atomic mass is 16.6. The Bertz CT molecular complexity index is 893. The molecular weight excluding hydrogens is 358 g/mol. The second-order valence-electron chi connectivity index (χ2n) is 7.19. The third kappa shape index (κ3) is 3.71. The minimum Gasteiger partial charge on any atom is -0.377 e. The van der Waals surface area contributed by atoms with E-state index in [0.717, 1.165) is 43.5 Å². The van der Waals surface area contributed by atoms with Crippen LogP contribution in [0.2, 0.25) is 0 Å². The molecular formula is C21H23N3O4. The monoisotopic (exact) mass is 381 g/mol. The molecule has 1 amide bonds. The Morgan fingerprint density at radius 2 is 2.11 bits per heavy atom. The minimum absolute atomic E-state index is 0.0748. The van der Waals surface area contributed by atoms with E-state index < -0.39 is 4.92 Å².